The number of benzene rings is 1. The van der Waals surface area contributed by atoms with E-state index in [0.29, 0.717) is 24.5 Å². The Morgan fingerprint density at radius 1 is 1.30 bits per heavy atom. The third kappa shape index (κ3) is 4.93. The molecule has 0 N–H and O–H groups in total. The lowest BCUT2D eigenvalue weighted by molar-refractivity contribution is -0.253. The number of alkyl halides is 4. The van der Waals surface area contributed by atoms with Gasteiger partial charge in [0, 0.05) is 5.56 Å². The van der Waals surface area contributed by atoms with Crippen LogP contribution in [-0.4, -0.2) is 27.2 Å². The SMILES string of the molecule is CS(=O)(=O)OCc1cc(OC(F)(F)C(F)F)ccc1F. The van der Waals surface area contributed by atoms with E-state index >= 15 is 0 Å². The van der Waals surface area contributed by atoms with Crippen LogP contribution in [0.2, 0.25) is 0 Å². The van der Waals surface area contributed by atoms with Crippen LogP contribution >= 0.6 is 0 Å². The average Bonchev–Trinajstić information content (AvgIpc) is 2.28. The Kier molecular flexibility index (Phi) is 4.92. The molecule has 0 radical (unpaired) electrons. The molecule has 0 saturated heterocycles. The molecule has 1 aromatic rings. The largest absolute Gasteiger partial charge is 0.461 e. The summed E-state index contributed by atoms with van der Waals surface area (Å²) in [7, 11) is -3.88. The molecule has 0 aliphatic carbocycles. The van der Waals surface area contributed by atoms with Gasteiger partial charge in [0.15, 0.2) is 0 Å². The molecule has 0 saturated carbocycles. The zero-order chi connectivity index (χ0) is 15.6. The molecule has 0 heterocycles. The van der Waals surface area contributed by atoms with Gasteiger partial charge in [-0.3, -0.25) is 4.18 Å². The number of hydrogen-bond acceptors (Lipinski definition) is 4. The molecule has 1 rings (SSSR count). The Bertz CT molecular complexity index is 573. The van der Waals surface area contributed by atoms with E-state index in [9.17, 15) is 30.4 Å². The summed E-state index contributed by atoms with van der Waals surface area (Å²) >= 11 is 0. The number of hydrogen-bond donors (Lipinski definition) is 0. The highest BCUT2D eigenvalue weighted by Crippen LogP contribution is 2.28. The molecule has 10 heteroatoms. The van der Waals surface area contributed by atoms with Crippen LogP contribution in [0.25, 0.3) is 0 Å². The first-order valence-electron chi connectivity index (χ1n) is 4.99. The van der Waals surface area contributed by atoms with Crippen molar-refractivity contribution in [1.82, 2.24) is 0 Å². The van der Waals surface area contributed by atoms with Gasteiger partial charge in [0.05, 0.1) is 12.9 Å². The number of rotatable bonds is 6. The minimum Gasteiger partial charge on any atom is -0.428 e. The van der Waals surface area contributed by atoms with E-state index in [2.05, 4.69) is 8.92 Å². The molecule has 0 atom stereocenters. The van der Waals surface area contributed by atoms with Gasteiger partial charge in [-0.1, -0.05) is 0 Å². The van der Waals surface area contributed by atoms with Crippen LogP contribution in [0.1, 0.15) is 5.56 Å². The van der Waals surface area contributed by atoms with E-state index in [-0.39, 0.29) is 0 Å². The Morgan fingerprint density at radius 2 is 1.90 bits per heavy atom. The summed E-state index contributed by atoms with van der Waals surface area (Å²) in [6.45, 7) is -0.776. The molecule has 0 aliphatic rings. The Hall–Kier alpha value is -1.42. The van der Waals surface area contributed by atoms with Crippen LogP contribution in [0, 0.1) is 5.82 Å². The highest BCUT2D eigenvalue weighted by molar-refractivity contribution is 7.85. The first-order chi connectivity index (χ1) is 9.01. The van der Waals surface area contributed by atoms with Crippen LogP contribution in [0.5, 0.6) is 5.75 Å². The lowest BCUT2D eigenvalue weighted by Gasteiger charge is -2.17. The highest BCUT2D eigenvalue weighted by Gasteiger charge is 2.44. The summed E-state index contributed by atoms with van der Waals surface area (Å²) in [5.41, 5.74) is -0.432. The fraction of sp³-hybridized carbons (Fsp3) is 0.400. The molecule has 114 valence electrons. The Labute approximate surface area is 111 Å². The number of ether oxygens (including phenoxy) is 1. The van der Waals surface area contributed by atoms with Gasteiger partial charge in [0.1, 0.15) is 11.6 Å². The second-order valence-electron chi connectivity index (χ2n) is 3.68. The minimum absolute atomic E-state index is 0.432. The predicted molar refractivity (Wildman–Crippen MR) is 57.6 cm³/mol. The van der Waals surface area contributed by atoms with Crippen molar-refractivity contribution in [2.24, 2.45) is 0 Å². The third-order valence-corrected chi connectivity index (χ3v) is 2.50. The fourth-order valence-electron chi connectivity index (χ4n) is 1.10. The van der Waals surface area contributed by atoms with Gasteiger partial charge in [-0.15, -0.1) is 0 Å². The van der Waals surface area contributed by atoms with E-state index in [1.165, 1.54) is 0 Å². The Balaban J connectivity index is 2.91. The van der Waals surface area contributed by atoms with Crippen molar-refractivity contribution in [1.29, 1.82) is 0 Å². The highest BCUT2D eigenvalue weighted by atomic mass is 32.2. The van der Waals surface area contributed by atoms with Crippen LogP contribution in [-0.2, 0) is 20.9 Å². The second-order valence-corrected chi connectivity index (χ2v) is 5.33. The second kappa shape index (κ2) is 5.92. The molecule has 0 bridgehead atoms. The van der Waals surface area contributed by atoms with Crippen molar-refractivity contribution in [3.63, 3.8) is 0 Å². The quantitative estimate of drug-likeness (QED) is 0.597. The molecular formula is C10H9F5O4S. The normalized spacial score (nSPS) is 12.8. The zero-order valence-electron chi connectivity index (χ0n) is 9.95. The van der Waals surface area contributed by atoms with Crippen LogP contribution in [0.4, 0.5) is 22.0 Å². The lowest BCUT2D eigenvalue weighted by Crippen LogP contribution is -2.33. The molecular weight excluding hydrogens is 311 g/mol. The maximum Gasteiger partial charge on any atom is 0.461 e. The molecule has 0 spiro atoms. The summed E-state index contributed by atoms with van der Waals surface area (Å²) in [6, 6.07) is 2.02. The maximum absolute atomic E-state index is 13.3. The molecule has 20 heavy (non-hydrogen) atoms. The van der Waals surface area contributed by atoms with E-state index in [1.54, 1.807) is 0 Å². The van der Waals surface area contributed by atoms with Crippen molar-refractivity contribution in [3.05, 3.63) is 29.6 Å². The van der Waals surface area contributed by atoms with Crippen molar-refractivity contribution in [2.45, 2.75) is 19.1 Å². The molecule has 0 unspecified atom stereocenters. The van der Waals surface area contributed by atoms with Gasteiger partial charge >= 0.3 is 12.5 Å². The van der Waals surface area contributed by atoms with Gasteiger partial charge in [-0.25, -0.2) is 4.39 Å². The standard InChI is InChI=1S/C10H9F5O4S/c1-20(16,17)18-5-6-4-7(2-3-8(6)11)19-10(14,15)9(12)13/h2-4,9H,5H2,1H3. The Morgan fingerprint density at radius 3 is 2.40 bits per heavy atom. The zero-order valence-corrected chi connectivity index (χ0v) is 10.8. The fourth-order valence-corrected chi connectivity index (χ4v) is 1.44. The van der Waals surface area contributed by atoms with Gasteiger partial charge in [-0.05, 0) is 18.2 Å². The minimum atomic E-state index is -4.74. The summed E-state index contributed by atoms with van der Waals surface area (Å²) in [5, 5.41) is 0. The molecule has 0 fully saturated rings. The van der Waals surface area contributed by atoms with Crippen molar-refractivity contribution < 1.29 is 39.3 Å². The summed E-state index contributed by atoms with van der Waals surface area (Å²) in [6.07, 6.45) is -8.11. The number of halogens is 5. The predicted octanol–water partition coefficient (Wildman–Crippen LogP) is 2.54. The summed E-state index contributed by atoms with van der Waals surface area (Å²) in [5.74, 6) is -1.70. The topological polar surface area (TPSA) is 52.6 Å². The van der Waals surface area contributed by atoms with E-state index in [0.717, 1.165) is 0 Å². The molecule has 0 aromatic heterocycles. The first kappa shape index (κ1) is 16.6. The lowest BCUT2D eigenvalue weighted by atomic mass is 10.2. The maximum atomic E-state index is 13.3. The van der Waals surface area contributed by atoms with Crippen LogP contribution in [0.3, 0.4) is 0 Å². The first-order valence-corrected chi connectivity index (χ1v) is 6.81. The van der Waals surface area contributed by atoms with Gasteiger partial charge in [0.2, 0.25) is 0 Å². The van der Waals surface area contributed by atoms with E-state index in [4.69, 9.17) is 0 Å². The van der Waals surface area contributed by atoms with Crippen LogP contribution < -0.4 is 4.74 Å². The molecule has 4 nitrogen and oxygen atoms in total. The molecule has 0 aliphatic heterocycles. The van der Waals surface area contributed by atoms with E-state index < -0.39 is 46.4 Å². The molecule has 1 aromatic carbocycles. The smallest absolute Gasteiger partial charge is 0.428 e. The summed E-state index contributed by atoms with van der Waals surface area (Å²) in [4.78, 5) is 0. The third-order valence-electron chi connectivity index (χ3n) is 1.95. The summed E-state index contributed by atoms with van der Waals surface area (Å²) < 4.78 is 91.9. The van der Waals surface area contributed by atoms with Gasteiger partial charge in [0.25, 0.3) is 10.1 Å². The van der Waals surface area contributed by atoms with Gasteiger partial charge in [-0.2, -0.15) is 26.0 Å². The van der Waals surface area contributed by atoms with Crippen molar-refractivity contribution in [2.75, 3.05) is 6.26 Å². The monoisotopic (exact) mass is 320 g/mol. The van der Waals surface area contributed by atoms with Crippen molar-refractivity contribution in [3.8, 4) is 5.75 Å². The van der Waals surface area contributed by atoms with E-state index in [1.807, 2.05) is 0 Å². The van der Waals surface area contributed by atoms with Crippen molar-refractivity contribution >= 4 is 10.1 Å². The van der Waals surface area contributed by atoms with Gasteiger partial charge < -0.3 is 4.74 Å². The van der Waals surface area contributed by atoms with Crippen LogP contribution in [0.15, 0.2) is 18.2 Å². The average molecular weight is 320 g/mol. The molecule has 0 amide bonds.